The lowest BCUT2D eigenvalue weighted by Crippen LogP contribution is -2.49. The average molecular weight is 176 g/mol. The van der Waals surface area contributed by atoms with E-state index in [0.29, 0.717) is 6.42 Å². The predicted octanol–water partition coefficient (Wildman–Crippen LogP) is 0.144. The van der Waals surface area contributed by atoms with E-state index in [1.165, 1.54) is 7.11 Å². The number of methoxy groups -OCH3 is 2. The van der Waals surface area contributed by atoms with E-state index >= 15 is 0 Å². The molecule has 0 aromatic carbocycles. The molecule has 4 nitrogen and oxygen atoms in total. The topological polar surface area (TPSA) is 47.9 Å². The van der Waals surface area contributed by atoms with Crippen LogP contribution >= 0.6 is 0 Å². The first kappa shape index (κ1) is 9.92. The molecule has 1 saturated heterocycles. The molecule has 0 radical (unpaired) electrons. The Labute approximate surface area is 72.4 Å². The minimum Gasteiger partial charge on any atom is -0.385 e. The van der Waals surface area contributed by atoms with E-state index in [1.807, 2.05) is 6.92 Å². The average Bonchev–Trinajstić information content (AvgIpc) is 2.08. The lowest BCUT2D eigenvalue weighted by molar-refractivity contribution is -0.258. The van der Waals surface area contributed by atoms with Crippen LogP contribution in [0.1, 0.15) is 13.3 Å². The van der Waals surface area contributed by atoms with Crippen molar-refractivity contribution in [3.8, 4) is 0 Å². The minimum atomic E-state index is -0.684. The molecule has 1 heterocycles. The molecule has 1 aliphatic rings. The number of aliphatic hydroxyl groups is 1. The first-order valence-corrected chi connectivity index (χ1v) is 4.08. The molecule has 0 spiro atoms. The van der Waals surface area contributed by atoms with Crippen molar-refractivity contribution in [3.05, 3.63) is 0 Å². The maximum atomic E-state index is 9.57. The third-order valence-corrected chi connectivity index (χ3v) is 2.13. The molecule has 0 unspecified atom stereocenters. The number of ether oxygens (including phenoxy) is 3. The van der Waals surface area contributed by atoms with Gasteiger partial charge in [-0.3, -0.25) is 0 Å². The summed E-state index contributed by atoms with van der Waals surface area (Å²) in [7, 11) is 3.09. The number of hydrogen-bond donors (Lipinski definition) is 1. The predicted molar refractivity (Wildman–Crippen MR) is 42.8 cm³/mol. The van der Waals surface area contributed by atoms with E-state index < -0.39 is 12.4 Å². The molecule has 0 amide bonds. The molecule has 0 aromatic heterocycles. The number of hydrogen-bond acceptors (Lipinski definition) is 4. The van der Waals surface area contributed by atoms with Crippen molar-refractivity contribution in [3.63, 3.8) is 0 Å². The fourth-order valence-electron chi connectivity index (χ4n) is 1.44. The summed E-state index contributed by atoms with van der Waals surface area (Å²) in [6, 6.07) is 0. The summed E-state index contributed by atoms with van der Waals surface area (Å²) in [4.78, 5) is 0. The van der Waals surface area contributed by atoms with Crippen LogP contribution in [0, 0.1) is 0 Å². The van der Waals surface area contributed by atoms with Gasteiger partial charge in [0.25, 0.3) is 0 Å². The van der Waals surface area contributed by atoms with Crippen LogP contribution in [0.15, 0.2) is 0 Å². The number of rotatable bonds is 2. The van der Waals surface area contributed by atoms with Gasteiger partial charge in [-0.1, -0.05) is 0 Å². The van der Waals surface area contributed by atoms with Crippen molar-refractivity contribution in [2.75, 3.05) is 14.2 Å². The van der Waals surface area contributed by atoms with Gasteiger partial charge >= 0.3 is 0 Å². The van der Waals surface area contributed by atoms with E-state index in [4.69, 9.17) is 14.2 Å². The van der Waals surface area contributed by atoms with E-state index in [-0.39, 0.29) is 12.2 Å². The zero-order chi connectivity index (χ0) is 9.14. The molecular formula is C8H16O4. The van der Waals surface area contributed by atoms with Gasteiger partial charge in [0.2, 0.25) is 0 Å². The van der Waals surface area contributed by atoms with Crippen LogP contribution in [0.5, 0.6) is 0 Å². The lowest BCUT2D eigenvalue weighted by Gasteiger charge is -2.36. The van der Waals surface area contributed by atoms with Crippen LogP contribution in [0.25, 0.3) is 0 Å². The van der Waals surface area contributed by atoms with Crippen molar-refractivity contribution >= 4 is 0 Å². The molecule has 0 aromatic rings. The molecule has 0 bridgehead atoms. The smallest absolute Gasteiger partial charge is 0.185 e. The summed E-state index contributed by atoms with van der Waals surface area (Å²) in [5.41, 5.74) is 0. The van der Waals surface area contributed by atoms with Crippen LogP contribution in [-0.4, -0.2) is 43.9 Å². The molecular weight excluding hydrogens is 160 g/mol. The van der Waals surface area contributed by atoms with Gasteiger partial charge in [0.15, 0.2) is 6.29 Å². The zero-order valence-corrected chi connectivity index (χ0v) is 7.69. The van der Waals surface area contributed by atoms with Crippen LogP contribution in [0.4, 0.5) is 0 Å². The van der Waals surface area contributed by atoms with Gasteiger partial charge in [-0.2, -0.15) is 0 Å². The summed E-state index contributed by atoms with van der Waals surface area (Å²) in [5.74, 6) is 0. The molecule has 72 valence electrons. The third-order valence-electron chi connectivity index (χ3n) is 2.13. The SMILES string of the molecule is CO[C@@H]1O[C@H](C)C[C@@H](OC)[C@@H]1O. The van der Waals surface area contributed by atoms with Crippen LogP contribution < -0.4 is 0 Å². The first-order chi connectivity index (χ1) is 5.69. The fourth-order valence-corrected chi connectivity index (χ4v) is 1.44. The van der Waals surface area contributed by atoms with Crippen molar-refractivity contribution in [1.82, 2.24) is 0 Å². The Hall–Kier alpha value is -0.160. The van der Waals surface area contributed by atoms with Crippen molar-refractivity contribution in [1.29, 1.82) is 0 Å². The fraction of sp³-hybridized carbons (Fsp3) is 1.00. The largest absolute Gasteiger partial charge is 0.385 e. The Morgan fingerprint density at radius 3 is 2.50 bits per heavy atom. The van der Waals surface area contributed by atoms with Gasteiger partial charge in [0, 0.05) is 20.6 Å². The highest BCUT2D eigenvalue weighted by atomic mass is 16.7. The van der Waals surface area contributed by atoms with Crippen molar-refractivity contribution < 1.29 is 19.3 Å². The molecule has 1 aliphatic heterocycles. The zero-order valence-electron chi connectivity index (χ0n) is 7.69. The standard InChI is InChI=1S/C8H16O4/c1-5-4-6(10-2)7(9)8(11-3)12-5/h5-9H,4H2,1-3H3/t5-,6-,7+,8-/m1/s1. The first-order valence-electron chi connectivity index (χ1n) is 4.08. The Kier molecular flexibility index (Phi) is 3.46. The monoisotopic (exact) mass is 176 g/mol. The van der Waals surface area contributed by atoms with E-state index in [2.05, 4.69) is 0 Å². The highest BCUT2D eigenvalue weighted by Crippen LogP contribution is 2.22. The minimum absolute atomic E-state index is 0.0725. The molecule has 1 rings (SSSR count). The summed E-state index contributed by atoms with van der Waals surface area (Å²) < 4.78 is 15.4. The second-order valence-corrected chi connectivity index (χ2v) is 3.05. The maximum absolute atomic E-state index is 9.57. The van der Waals surface area contributed by atoms with Crippen LogP contribution in [-0.2, 0) is 14.2 Å². The molecule has 0 aliphatic carbocycles. The van der Waals surface area contributed by atoms with E-state index in [0.717, 1.165) is 0 Å². The molecule has 0 saturated carbocycles. The summed E-state index contributed by atoms with van der Waals surface area (Å²) in [6.45, 7) is 1.93. The molecule has 1 N–H and O–H groups in total. The Bertz CT molecular complexity index is 125. The highest BCUT2D eigenvalue weighted by Gasteiger charge is 2.36. The Morgan fingerprint density at radius 2 is 2.00 bits per heavy atom. The van der Waals surface area contributed by atoms with Gasteiger partial charge in [-0.15, -0.1) is 0 Å². The van der Waals surface area contributed by atoms with Crippen LogP contribution in [0.2, 0.25) is 0 Å². The van der Waals surface area contributed by atoms with Gasteiger partial charge in [0.1, 0.15) is 6.10 Å². The normalized spacial score (nSPS) is 43.0. The van der Waals surface area contributed by atoms with E-state index in [1.54, 1.807) is 7.11 Å². The quantitative estimate of drug-likeness (QED) is 0.650. The molecule has 4 heteroatoms. The molecule has 1 fully saturated rings. The third kappa shape index (κ3) is 1.95. The Balaban J connectivity index is 2.55. The van der Waals surface area contributed by atoms with Gasteiger partial charge < -0.3 is 19.3 Å². The maximum Gasteiger partial charge on any atom is 0.185 e. The summed E-state index contributed by atoms with van der Waals surface area (Å²) >= 11 is 0. The second-order valence-electron chi connectivity index (χ2n) is 3.05. The summed E-state index contributed by atoms with van der Waals surface area (Å²) in [5, 5.41) is 9.57. The Morgan fingerprint density at radius 1 is 1.33 bits per heavy atom. The van der Waals surface area contributed by atoms with E-state index in [9.17, 15) is 5.11 Å². The van der Waals surface area contributed by atoms with Gasteiger partial charge in [-0.05, 0) is 6.92 Å². The van der Waals surface area contributed by atoms with Crippen LogP contribution in [0.3, 0.4) is 0 Å². The van der Waals surface area contributed by atoms with Crippen molar-refractivity contribution in [2.24, 2.45) is 0 Å². The lowest BCUT2D eigenvalue weighted by atomic mass is 10.0. The van der Waals surface area contributed by atoms with Gasteiger partial charge in [-0.25, -0.2) is 0 Å². The van der Waals surface area contributed by atoms with Crippen molar-refractivity contribution in [2.45, 2.75) is 37.9 Å². The summed E-state index contributed by atoms with van der Waals surface area (Å²) in [6.07, 6.45) is -0.644. The molecule has 4 atom stereocenters. The second kappa shape index (κ2) is 4.18. The highest BCUT2D eigenvalue weighted by molar-refractivity contribution is 4.80. The van der Waals surface area contributed by atoms with Gasteiger partial charge in [0.05, 0.1) is 12.2 Å². The molecule has 12 heavy (non-hydrogen) atoms. The number of aliphatic hydroxyl groups excluding tert-OH is 1.